The van der Waals surface area contributed by atoms with Gasteiger partial charge in [0, 0.05) is 19.0 Å². The predicted octanol–water partition coefficient (Wildman–Crippen LogP) is 4.12. The molecule has 3 aromatic carbocycles. The molecule has 0 aromatic heterocycles. The normalized spacial score (nSPS) is 17.1. The number of carbonyl (C=O) groups excluding carboxylic acids is 2. The number of rotatable bonds is 5. The van der Waals surface area contributed by atoms with E-state index in [-0.39, 0.29) is 25.0 Å². The molecule has 2 aliphatic rings. The summed E-state index contributed by atoms with van der Waals surface area (Å²) < 4.78 is 5.55. The topological polar surface area (TPSA) is 95.9 Å². The average Bonchev–Trinajstić information content (AvgIpc) is 3.20. The molecule has 7 nitrogen and oxygen atoms in total. The predicted molar refractivity (Wildman–Crippen MR) is 130 cm³/mol. The van der Waals surface area contributed by atoms with E-state index in [1.165, 1.54) is 4.90 Å². The number of carbonyl (C=O) groups is 3. The van der Waals surface area contributed by atoms with Crippen LogP contribution in [0.15, 0.2) is 72.8 Å². The van der Waals surface area contributed by atoms with Crippen LogP contribution in [0.5, 0.6) is 0 Å². The summed E-state index contributed by atoms with van der Waals surface area (Å²) in [7, 11) is 0. The van der Waals surface area contributed by atoms with Crippen molar-refractivity contribution in [3.05, 3.63) is 95.1 Å². The van der Waals surface area contributed by atoms with Crippen LogP contribution in [0.3, 0.4) is 0 Å². The number of hydrogen-bond donors (Lipinski definition) is 2. The summed E-state index contributed by atoms with van der Waals surface area (Å²) in [6.07, 6.45) is -0.681. The van der Waals surface area contributed by atoms with Crippen LogP contribution in [0.25, 0.3) is 11.1 Å². The van der Waals surface area contributed by atoms with Gasteiger partial charge in [-0.15, -0.1) is 0 Å². The van der Waals surface area contributed by atoms with Crippen molar-refractivity contribution < 1.29 is 24.2 Å². The van der Waals surface area contributed by atoms with E-state index in [1.807, 2.05) is 48.5 Å². The van der Waals surface area contributed by atoms with Gasteiger partial charge in [-0.05, 0) is 40.3 Å². The van der Waals surface area contributed by atoms with E-state index < -0.39 is 24.0 Å². The van der Waals surface area contributed by atoms with E-state index in [9.17, 15) is 19.5 Å². The van der Waals surface area contributed by atoms with E-state index in [4.69, 9.17) is 4.74 Å². The van der Waals surface area contributed by atoms with Gasteiger partial charge in [0.05, 0.1) is 5.92 Å². The highest BCUT2D eigenvalue weighted by Gasteiger charge is 2.35. The third-order valence-corrected chi connectivity index (χ3v) is 6.85. The number of carboxylic acid groups (broad SMARTS) is 1. The molecule has 2 unspecified atom stereocenters. The number of carboxylic acids is 1. The lowest BCUT2D eigenvalue weighted by atomic mass is 9.89. The van der Waals surface area contributed by atoms with Gasteiger partial charge in [0.2, 0.25) is 5.91 Å². The van der Waals surface area contributed by atoms with Crippen molar-refractivity contribution in [3.8, 4) is 11.1 Å². The van der Waals surface area contributed by atoms with Crippen LogP contribution in [-0.2, 0) is 20.9 Å². The molecule has 2 N–H and O–H groups in total. The van der Waals surface area contributed by atoms with Gasteiger partial charge in [-0.2, -0.15) is 0 Å². The maximum Gasteiger partial charge on any atom is 0.407 e. The Morgan fingerprint density at radius 2 is 1.51 bits per heavy atom. The van der Waals surface area contributed by atoms with Gasteiger partial charge < -0.3 is 20.1 Å². The highest BCUT2D eigenvalue weighted by atomic mass is 16.5. The van der Waals surface area contributed by atoms with Crippen molar-refractivity contribution >= 4 is 18.0 Å². The number of aliphatic carboxylic acids is 1. The molecule has 0 bridgehead atoms. The highest BCUT2D eigenvalue weighted by molar-refractivity contribution is 5.87. The van der Waals surface area contributed by atoms with Crippen molar-refractivity contribution in [2.75, 3.05) is 13.2 Å². The van der Waals surface area contributed by atoms with Crippen molar-refractivity contribution in [1.29, 1.82) is 0 Å². The molecular weight excluding hydrogens is 444 g/mol. The number of amides is 2. The Hall–Kier alpha value is -4.13. The molecule has 35 heavy (non-hydrogen) atoms. The van der Waals surface area contributed by atoms with Gasteiger partial charge in [0.25, 0.3) is 0 Å². The first-order valence-electron chi connectivity index (χ1n) is 11.6. The Labute approximate surface area is 203 Å². The zero-order valence-electron chi connectivity index (χ0n) is 19.3. The molecule has 1 aliphatic heterocycles. The number of ether oxygens (including phenoxy) is 1. The SMILES string of the molecule is CC(NC(=O)OCC1c2ccccc2-c2ccccc21)C(=O)N1Cc2ccccc2C(C(=O)O)C1. The Bertz CT molecular complexity index is 1260. The van der Waals surface area contributed by atoms with Gasteiger partial charge in [-0.3, -0.25) is 9.59 Å². The lowest BCUT2D eigenvalue weighted by molar-refractivity contribution is -0.141. The Kier molecular flexibility index (Phi) is 5.99. The molecule has 2 amide bonds. The van der Waals surface area contributed by atoms with Crippen molar-refractivity contribution in [2.24, 2.45) is 0 Å². The van der Waals surface area contributed by atoms with Crippen LogP contribution >= 0.6 is 0 Å². The summed E-state index contributed by atoms with van der Waals surface area (Å²) in [4.78, 5) is 38.9. The quantitative estimate of drug-likeness (QED) is 0.585. The molecular formula is C28H26N2O5. The van der Waals surface area contributed by atoms with Crippen LogP contribution in [0, 0.1) is 0 Å². The standard InChI is InChI=1S/C28H26N2O5/c1-17(26(31)30-14-18-8-2-3-9-19(18)24(15-30)27(32)33)29-28(34)35-16-25-22-12-6-4-10-20(22)21-11-5-7-13-23(21)25/h2-13,17,24-25H,14-16H2,1H3,(H,29,34)(H,32,33). The molecule has 0 saturated heterocycles. The fraction of sp³-hybridized carbons (Fsp3) is 0.250. The van der Waals surface area contributed by atoms with Gasteiger partial charge in [0.15, 0.2) is 0 Å². The molecule has 0 saturated carbocycles. The number of nitrogens with zero attached hydrogens (tertiary/aromatic N) is 1. The maximum atomic E-state index is 13.1. The van der Waals surface area contributed by atoms with Crippen molar-refractivity contribution in [1.82, 2.24) is 10.2 Å². The second-order valence-electron chi connectivity index (χ2n) is 9.00. The Morgan fingerprint density at radius 1 is 0.943 bits per heavy atom. The zero-order chi connectivity index (χ0) is 24.5. The van der Waals surface area contributed by atoms with E-state index in [2.05, 4.69) is 17.4 Å². The first kappa shape index (κ1) is 22.7. The molecule has 1 aliphatic carbocycles. The minimum atomic E-state index is -0.980. The molecule has 0 spiro atoms. The smallest absolute Gasteiger partial charge is 0.407 e. The number of alkyl carbamates (subject to hydrolysis) is 1. The third-order valence-electron chi connectivity index (χ3n) is 6.85. The second kappa shape index (κ2) is 9.25. The lowest BCUT2D eigenvalue weighted by Crippen LogP contribution is -2.50. The van der Waals surface area contributed by atoms with E-state index in [1.54, 1.807) is 19.1 Å². The fourth-order valence-corrected chi connectivity index (χ4v) is 5.14. The molecule has 178 valence electrons. The zero-order valence-corrected chi connectivity index (χ0v) is 19.3. The minimum absolute atomic E-state index is 0.0574. The van der Waals surface area contributed by atoms with E-state index in [0.29, 0.717) is 6.54 Å². The van der Waals surface area contributed by atoms with Crippen LogP contribution < -0.4 is 5.32 Å². The molecule has 2 atom stereocenters. The van der Waals surface area contributed by atoms with Gasteiger partial charge >= 0.3 is 12.1 Å². The van der Waals surface area contributed by atoms with Gasteiger partial charge in [-0.25, -0.2) is 4.79 Å². The Morgan fingerprint density at radius 3 is 2.14 bits per heavy atom. The molecule has 7 heteroatoms. The monoisotopic (exact) mass is 470 g/mol. The van der Waals surface area contributed by atoms with Crippen LogP contribution in [-0.4, -0.2) is 47.2 Å². The van der Waals surface area contributed by atoms with E-state index >= 15 is 0 Å². The van der Waals surface area contributed by atoms with Crippen molar-refractivity contribution in [3.63, 3.8) is 0 Å². The third kappa shape index (κ3) is 4.25. The number of benzene rings is 3. The van der Waals surface area contributed by atoms with Gasteiger partial charge in [-0.1, -0.05) is 72.8 Å². The first-order valence-corrected chi connectivity index (χ1v) is 11.6. The van der Waals surface area contributed by atoms with E-state index in [0.717, 1.165) is 33.4 Å². The highest BCUT2D eigenvalue weighted by Crippen LogP contribution is 2.44. The average molecular weight is 471 g/mol. The summed E-state index contributed by atoms with van der Waals surface area (Å²) in [5, 5.41) is 12.3. The second-order valence-corrected chi connectivity index (χ2v) is 9.00. The molecule has 0 fully saturated rings. The summed E-state index contributed by atoms with van der Waals surface area (Å²) in [5.41, 5.74) is 6.02. The molecule has 0 radical (unpaired) electrons. The largest absolute Gasteiger partial charge is 0.481 e. The fourth-order valence-electron chi connectivity index (χ4n) is 5.14. The maximum absolute atomic E-state index is 13.1. The summed E-state index contributed by atoms with van der Waals surface area (Å²) in [6, 6.07) is 22.5. The van der Waals surface area contributed by atoms with Crippen molar-refractivity contribution in [2.45, 2.75) is 31.3 Å². The summed E-state index contributed by atoms with van der Waals surface area (Å²) in [5.74, 6) is -2.20. The van der Waals surface area contributed by atoms with Crippen LogP contribution in [0.4, 0.5) is 4.79 Å². The van der Waals surface area contributed by atoms with Crippen LogP contribution in [0.1, 0.15) is 41.0 Å². The lowest BCUT2D eigenvalue weighted by Gasteiger charge is -2.34. The summed E-state index contributed by atoms with van der Waals surface area (Å²) >= 11 is 0. The number of fused-ring (bicyclic) bond motifs is 4. The van der Waals surface area contributed by atoms with Gasteiger partial charge in [0.1, 0.15) is 12.6 Å². The summed E-state index contributed by atoms with van der Waals surface area (Å²) in [6.45, 7) is 2.09. The Balaban J connectivity index is 1.23. The molecule has 3 aromatic rings. The molecule has 5 rings (SSSR count). The number of nitrogens with one attached hydrogen (secondary N) is 1. The number of hydrogen-bond acceptors (Lipinski definition) is 4. The van der Waals surface area contributed by atoms with Crippen LogP contribution in [0.2, 0.25) is 0 Å². The first-order chi connectivity index (χ1) is 16.9. The molecule has 1 heterocycles. The minimum Gasteiger partial charge on any atom is -0.481 e.